The summed E-state index contributed by atoms with van der Waals surface area (Å²) in [7, 11) is 0. The molecule has 0 spiro atoms. The zero-order valence-corrected chi connectivity index (χ0v) is 4.60. The molecular formula is C2CuFeN2. The zero-order valence-electron chi connectivity index (χ0n) is 2.55. The number of rotatable bonds is 0. The summed E-state index contributed by atoms with van der Waals surface area (Å²) < 4.78 is 0. The zero-order chi connectivity index (χ0) is 3.41. The molecule has 0 saturated carbocycles. The van der Waals surface area contributed by atoms with Gasteiger partial charge in [0.25, 0.3) is 0 Å². The van der Waals surface area contributed by atoms with Crippen molar-refractivity contribution in [3.63, 3.8) is 0 Å². The van der Waals surface area contributed by atoms with Crippen LogP contribution < -0.4 is 0 Å². The van der Waals surface area contributed by atoms with Gasteiger partial charge in [-0.2, -0.15) is 10.5 Å². The van der Waals surface area contributed by atoms with Crippen molar-refractivity contribution < 1.29 is 34.1 Å². The van der Waals surface area contributed by atoms with E-state index in [-0.39, 0.29) is 34.1 Å². The predicted molar refractivity (Wildman–Crippen MR) is 11.2 cm³/mol. The second-order valence-corrected chi connectivity index (χ2v) is 0.224. The molecule has 0 aromatic heterocycles. The average molecular weight is 171 g/mol. The number of nitrogens with zero attached hydrogens (tertiary/aromatic N) is 2. The van der Waals surface area contributed by atoms with Crippen LogP contribution >= 0.6 is 0 Å². The molecule has 1 radical (unpaired) electrons. The van der Waals surface area contributed by atoms with Crippen molar-refractivity contribution >= 4 is 0 Å². The first-order valence-electron chi connectivity index (χ1n) is 0.697. The van der Waals surface area contributed by atoms with E-state index in [1.54, 1.807) is 0 Å². The van der Waals surface area contributed by atoms with Crippen LogP contribution in [0.1, 0.15) is 0 Å². The Bertz CT molecular complexity index is 66.5. The van der Waals surface area contributed by atoms with E-state index in [9.17, 15) is 0 Å². The molecule has 4 heteroatoms. The molecule has 0 saturated heterocycles. The Balaban J connectivity index is -0.0000000450. The molecule has 0 N–H and O–H groups in total. The quantitative estimate of drug-likeness (QED) is 0.483. The Kier molecular flexibility index (Phi) is 55.1. The standard InChI is InChI=1S/C2N2.Cu.Fe/c3-1-2-4;;. The number of nitriles is 2. The minimum atomic E-state index is 0. The fourth-order valence-electron chi connectivity index (χ4n) is 0. The van der Waals surface area contributed by atoms with E-state index in [1.165, 1.54) is 12.1 Å². The van der Waals surface area contributed by atoms with Crippen molar-refractivity contribution in [1.82, 2.24) is 0 Å². The largest absolute Gasteiger partial charge is 0.181 e. The first-order chi connectivity index (χ1) is 1.91. The van der Waals surface area contributed by atoms with Crippen LogP contribution in [0, 0.1) is 22.7 Å². The van der Waals surface area contributed by atoms with Crippen molar-refractivity contribution in [2.24, 2.45) is 0 Å². The summed E-state index contributed by atoms with van der Waals surface area (Å²) in [4.78, 5) is 0. The monoisotopic (exact) mass is 171 g/mol. The molecule has 0 aliphatic heterocycles. The van der Waals surface area contributed by atoms with Gasteiger partial charge in [0.05, 0.1) is 0 Å². The third-order valence-corrected chi connectivity index (χ3v) is 0.0500. The van der Waals surface area contributed by atoms with Crippen LogP contribution in [0.4, 0.5) is 0 Å². The molecule has 0 bridgehead atoms. The summed E-state index contributed by atoms with van der Waals surface area (Å²) in [5.74, 6) is 0. The smallest absolute Gasteiger partial charge is 0.181 e. The molecule has 0 aromatic carbocycles. The van der Waals surface area contributed by atoms with E-state index in [0.29, 0.717) is 0 Å². The van der Waals surface area contributed by atoms with E-state index >= 15 is 0 Å². The molecule has 0 aromatic rings. The summed E-state index contributed by atoms with van der Waals surface area (Å²) in [5.41, 5.74) is 0. The van der Waals surface area contributed by atoms with Crippen molar-refractivity contribution in [2.75, 3.05) is 0 Å². The summed E-state index contributed by atoms with van der Waals surface area (Å²) >= 11 is 0. The second-order valence-electron chi connectivity index (χ2n) is 0.224. The van der Waals surface area contributed by atoms with Gasteiger partial charge < -0.3 is 0 Å². The maximum Gasteiger partial charge on any atom is 0.181 e. The fourth-order valence-corrected chi connectivity index (χ4v) is 0. The molecule has 0 unspecified atom stereocenters. The van der Waals surface area contributed by atoms with Crippen molar-refractivity contribution in [1.29, 1.82) is 10.5 Å². The maximum absolute atomic E-state index is 7.26. The minimum Gasteiger partial charge on any atom is -0.181 e. The summed E-state index contributed by atoms with van der Waals surface area (Å²) in [5, 5.41) is 14.5. The third-order valence-electron chi connectivity index (χ3n) is 0.0500. The maximum atomic E-state index is 7.26. The first kappa shape index (κ1) is 16.6. The molecular weight excluding hydrogens is 171 g/mol. The SMILES string of the molecule is N#CC#N.[Cu].[Fe]. The molecule has 0 atom stereocenters. The third kappa shape index (κ3) is 35.3. The van der Waals surface area contributed by atoms with Gasteiger partial charge in [-0.15, -0.1) is 0 Å². The predicted octanol–water partition coefficient (Wildman–Crippen LogP) is 0.0286. The van der Waals surface area contributed by atoms with Gasteiger partial charge in [0, 0.05) is 34.1 Å². The molecule has 0 aliphatic rings. The average Bonchev–Trinajstić information content (AvgIpc) is 1.37. The summed E-state index contributed by atoms with van der Waals surface area (Å²) in [6, 6.07) is 2.47. The van der Waals surface area contributed by atoms with Gasteiger partial charge in [0.15, 0.2) is 12.1 Å². The number of hydrogen-bond acceptors (Lipinski definition) is 2. The fraction of sp³-hybridized carbons (Fsp3) is 0. The van der Waals surface area contributed by atoms with Gasteiger partial charge in [0.1, 0.15) is 0 Å². The van der Waals surface area contributed by atoms with Gasteiger partial charge in [-0.05, 0) is 0 Å². The van der Waals surface area contributed by atoms with Crippen LogP contribution in [0.15, 0.2) is 0 Å². The minimum absolute atomic E-state index is 0. The van der Waals surface area contributed by atoms with E-state index in [1.807, 2.05) is 0 Å². The summed E-state index contributed by atoms with van der Waals surface area (Å²) in [6.07, 6.45) is 0. The molecule has 0 heterocycles. The molecule has 6 heavy (non-hydrogen) atoms. The molecule has 37 valence electrons. The van der Waals surface area contributed by atoms with Gasteiger partial charge in [-0.1, -0.05) is 0 Å². The molecule has 0 amide bonds. The van der Waals surface area contributed by atoms with Crippen LogP contribution in [-0.4, -0.2) is 0 Å². The molecule has 0 fully saturated rings. The Morgan fingerprint density at radius 1 is 1.00 bits per heavy atom. The van der Waals surface area contributed by atoms with Crippen molar-refractivity contribution in [2.45, 2.75) is 0 Å². The van der Waals surface area contributed by atoms with Gasteiger partial charge in [0.2, 0.25) is 0 Å². The van der Waals surface area contributed by atoms with E-state index in [2.05, 4.69) is 0 Å². The molecule has 2 nitrogen and oxygen atoms in total. The van der Waals surface area contributed by atoms with Crippen LogP contribution in [-0.2, 0) is 34.1 Å². The number of hydrogen-bond donors (Lipinski definition) is 0. The molecule has 0 rings (SSSR count). The van der Waals surface area contributed by atoms with Gasteiger partial charge >= 0.3 is 0 Å². The van der Waals surface area contributed by atoms with Crippen LogP contribution in [0.5, 0.6) is 0 Å². The van der Waals surface area contributed by atoms with Gasteiger partial charge in [-0.25, -0.2) is 0 Å². The van der Waals surface area contributed by atoms with E-state index in [0.717, 1.165) is 0 Å². The van der Waals surface area contributed by atoms with Crippen LogP contribution in [0.25, 0.3) is 0 Å². The molecule has 0 aliphatic carbocycles. The van der Waals surface area contributed by atoms with E-state index < -0.39 is 0 Å². The van der Waals surface area contributed by atoms with Crippen molar-refractivity contribution in [3.05, 3.63) is 0 Å². The van der Waals surface area contributed by atoms with Crippen molar-refractivity contribution in [3.8, 4) is 12.1 Å². The Morgan fingerprint density at radius 2 is 1.17 bits per heavy atom. The Hall–Kier alpha value is 0.0190. The first-order valence-corrected chi connectivity index (χ1v) is 0.697. The second kappa shape index (κ2) is 19.9. The van der Waals surface area contributed by atoms with Crippen LogP contribution in [0.3, 0.4) is 0 Å². The summed E-state index contributed by atoms with van der Waals surface area (Å²) in [6.45, 7) is 0. The topological polar surface area (TPSA) is 47.6 Å². The van der Waals surface area contributed by atoms with E-state index in [4.69, 9.17) is 10.5 Å². The Morgan fingerprint density at radius 3 is 1.17 bits per heavy atom. The Labute approximate surface area is 57.1 Å². The van der Waals surface area contributed by atoms with Gasteiger partial charge in [-0.3, -0.25) is 0 Å². The van der Waals surface area contributed by atoms with Crippen LogP contribution in [0.2, 0.25) is 0 Å². The normalized spacial score (nSPS) is 1.67.